The maximum absolute atomic E-state index is 13.4. The third kappa shape index (κ3) is 3.14. The molecule has 1 aromatic carbocycles. The molecule has 31 heavy (non-hydrogen) atoms. The smallest absolute Gasteiger partial charge is 0.241 e. The van der Waals surface area contributed by atoms with Gasteiger partial charge in [0.2, 0.25) is 11.8 Å². The van der Waals surface area contributed by atoms with Crippen LogP contribution < -0.4 is 5.73 Å². The number of nitriles is 1. The van der Waals surface area contributed by atoms with Crippen LogP contribution in [0.3, 0.4) is 0 Å². The van der Waals surface area contributed by atoms with Gasteiger partial charge in [0, 0.05) is 25.7 Å². The second-order valence-corrected chi connectivity index (χ2v) is 9.38. The van der Waals surface area contributed by atoms with Gasteiger partial charge in [-0.2, -0.15) is 5.26 Å². The first-order valence-corrected chi connectivity index (χ1v) is 11.2. The monoisotopic (exact) mass is 425 g/mol. The highest BCUT2D eigenvalue weighted by Gasteiger charge is 2.58. The maximum atomic E-state index is 13.4. The zero-order valence-electron chi connectivity index (χ0n) is 17.5. The van der Waals surface area contributed by atoms with Gasteiger partial charge in [-0.05, 0) is 56.2 Å². The third-order valence-electron chi connectivity index (χ3n) is 7.73. The Morgan fingerprint density at radius 3 is 2.65 bits per heavy atom. The normalized spacial score (nSPS) is 30.4. The van der Waals surface area contributed by atoms with Crippen LogP contribution in [0.1, 0.15) is 44.1 Å². The van der Waals surface area contributed by atoms with Crippen LogP contribution in [0, 0.1) is 17.1 Å². The van der Waals surface area contributed by atoms with Crippen molar-refractivity contribution in [1.29, 1.82) is 5.26 Å². The number of carbonyl (C=O) groups is 2. The lowest BCUT2D eigenvalue weighted by molar-refractivity contribution is -0.150. The summed E-state index contributed by atoms with van der Waals surface area (Å²) < 4.78 is 13.4. The minimum absolute atomic E-state index is 0.0869. The molecule has 0 aromatic heterocycles. The fourth-order valence-electron chi connectivity index (χ4n) is 6.07. The summed E-state index contributed by atoms with van der Waals surface area (Å²) in [5.41, 5.74) is 6.91. The lowest BCUT2D eigenvalue weighted by Crippen LogP contribution is -2.62. The lowest BCUT2D eigenvalue weighted by Gasteiger charge is -2.53. The molecule has 164 valence electrons. The van der Waals surface area contributed by atoms with Crippen molar-refractivity contribution in [3.63, 3.8) is 0 Å². The van der Waals surface area contributed by atoms with E-state index in [1.54, 1.807) is 4.90 Å². The van der Waals surface area contributed by atoms with E-state index in [1.165, 1.54) is 12.1 Å². The third-order valence-corrected chi connectivity index (χ3v) is 7.73. The Morgan fingerprint density at radius 1 is 1.29 bits per heavy atom. The van der Waals surface area contributed by atoms with Crippen LogP contribution >= 0.6 is 0 Å². The second-order valence-electron chi connectivity index (χ2n) is 9.38. The number of hydrogen-bond acceptors (Lipinski definition) is 5. The predicted octanol–water partition coefficient (Wildman–Crippen LogP) is 1.33. The molecule has 4 fully saturated rings. The summed E-state index contributed by atoms with van der Waals surface area (Å²) in [4.78, 5) is 31.8. The summed E-state index contributed by atoms with van der Waals surface area (Å²) in [6.07, 6.45) is 5.11. The molecule has 2 N–H and O–H groups in total. The number of carbonyl (C=O) groups excluding carboxylic acids is 2. The molecule has 0 radical (unpaired) electrons. The summed E-state index contributed by atoms with van der Waals surface area (Å²) in [6, 6.07) is 7.45. The number of nitrogens with two attached hydrogens (primary N) is 1. The van der Waals surface area contributed by atoms with E-state index in [4.69, 9.17) is 5.73 Å². The van der Waals surface area contributed by atoms with Gasteiger partial charge in [-0.3, -0.25) is 14.5 Å². The van der Waals surface area contributed by atoms with Gasteiger partial charge in [-0.1, -0.05) is 12.1 Å². The molecule has 5 rings (SSSR count). The van der Waals surface area contributed by atoms with Crippen molar-refractivity contribution in [3.8, 4) is 6.07 Å². The minimum atomic E-state index is -0.732. The Morgan fingerprint density at radius 2 is 2.03 bits per heavy atom. The van der Waals surface area contributed by atoms with Crippen LogP contribution in [0.25, 0.3) is 0 Å². The van der Waals surface area contributed by atoms with Gasteiger partial charge in [-0.25, -0.2) is 4.39 Å². The van der Waals surface area contributed by atoms with Crippen molar-refractivity contribution >= 4 is 11.8 Å². The molecule has 3 heterocycles. The molecule has 4 aliphatic rings. The molecule has 0 spiro atoms. The molecular weight excluding hydrogens is 397 g/mol. The van der Waals surface area contributed by atoms with E-state index in [9.17, 15) is 19.2 Å². The van der Waals surface area contributed by atoms with Crippen LogP contribution in [0.4, 0.5) is 4.39 Å². The van der Waals surface area contributed by atoms with Crippen molar-refractivity contribution in [2.24, 2.45) is 5.73 Å². The van der Waals surface area contributed by atoms with Crippen molar-refractivity contribution in [1.82, 2.24) is 14.7 Å². The van der Waals surface area contributed by atoms with Crippen LogP contribution in [-0.2, 0) is 15.1 Å². The summed E-state index contributed by atoms with van der Waals surface area (Å²) >= 11 is 0. The van der Waals surface area contributed by atoms with E-state index >= 15 is 0 Å². The van der Waals surface area contributed by atoms with Crippen LogP contribution in [0.15, 0.2) is 24.3 Å². The Labute approximate surface area is 181 Å². The van der Waals surface area contributed by atoms with Crippen LogP contribution in [0.2, 0.25) is 0 Å². The molecule has 8 heteroatoms. The fourth-order valence-corrected chi connectivity index (χ4v) is 6.07. The van der Waals surface area contributed by atoms with Crippen molar-refractivity contribution in [2.75, 3.05) is 19.6 Å². The topological polar surface area (TPSA) is 93.7 Å². The van der Waals surface area contributed by atoms with Gasteiger partial charge < -0.3 is 15.5 Å². The lowest BCUT2D eigenvalue weighted by atomic mass is 9.70. The number of fused-ring (bicyclic) bond motifs is 2. The first-order valence-electron chi connectivity index (χ1n) is 11.2. The fraction of sp³-hybridized carbons (Fsp3) is 0.609. The van der Waals surface area contributed by atoms with Gasteiger partial charge in [0.25, 0.3) is 0 Å². The number of benzene rings is 1. The Bertz CT molecular complexity index is 925. The largest absolute Gasteiger partial charge is 0.327 e. The van der Waals surface area contributed by atoms with E-state index < -0.39 is 6.04 Å². The van der Waals surface area contributed by atoms with Crippen molar-refractivity contribution in [2.45, 2.75) is 68.2 Å². The molecule has 3 saturated heterocycles. The number of nitrogens with zero attached hydrogens (tertiary/aromatic N) is 4. The SMILES string of the molecule is N#CC1CCCN1C(=O)C(N)CN1C[C@@H]2C[C@H]1C(=O)N2C1(c2ccc(F)cc2)CCC1. The van der Waals surface area contributed by atoms with Crippen LogP contribution in [-0.4, -0.2) is 70.3 Å². The standard InChI is InChI=1S/C23H28FN5O2/c24-16-6-4-15(5-7-16)23(8-2-9-23)29-18-11-20(22(29)31)27(13-18)14-19(26)21(30)28-10-1-3-17(28)12-25/h4-7,17-20H,1-3,8-11,13-14,26H2/t17?,18-,19?,20-/m0/s1. The highest BCUT2D eigenvalue weighted by molar-refractivity contribution is 5.87. The van der Waals surface area contributed by atoms with Crippen molar-refractivity contribution < 1.29 is 14.0 Å². The molecule has 2 bridgehead atoms. The number of likely N-dealkylation sites (tertiary alicyclic amines) is 3. The second kappa shape index (κ2) is 7.57. The summed E-state index contributed by atoms with van der Waals surface area (Å²) in [6.45, 7) is 1.60. The minimum Gasteiger partial charge on any atom is -0.327 e. The van der Waals surface area contributed by atoms with E-state index in [2.05, 4.69) is 6.07 Å². The summed E-state index contributed by atoms with van der Waals surface area (Å²) in [5, 5.41) is 9.25. The summed E-state index contributed by atoms with van der Waals surface area (Å²) in [5.74, 6) is -0.372. The van der Waals surface area contributed by atoms with Gasteiger partial charge in [0.15, 0.2) is 0 Å². The maximum Gasteiger partial charge on any atom is 0.241 e. The van der Waals surface area contributed by atoms with E-state index in [0.717, 1.165) is 37.7 Å². The average Bonchev–Trinajstić information content (AvgIpc) is 3.43. The van der Waals surface area contributed by atoms with Gasteiger partial charge in [-0.15, -0.1) is 0 Å². The zero-order chi connectivity index (χ0) is 21.8. The molecule has 2 amide bonds. The molecular formula is C23H28FN5O2. The number of piperazine rings is 1. The highest BCUT2D eigenvalue weighted by atomic mass is 19.1. The predicted molar refractivity (Wildman–Crippen MR) is 111 cm³/mol. The molecule has 1 aliphatic carbocycles. The van der Waals surface area contributed by atoms with Gasteiger partial charge in [0.1, 0.15) is 11.9 Å². The quantitative estimate of drug-likeness (QED) is 0.768. The number of hydrogen-bond donors (Lipinski definition) is 1. The Kier molecular flexibility index (Phi) is 4.98. The molecule has 3 aliphatic heterocycles. The average molecular weight is 426 g/mol. The van der Waals surface area contributed by atoms with Gasteiger partial charge in [0.05, 0.1) is 23.7 Å². The van der Waals surface area contributed by atoms with Crippen LogP contribution in [0.5, 0.6) is 0 Å². The molecule has 1 saturated carbocycles. The zero-order valence-corrected chi connectivity index (χ0v) is 17.5. The van der Waals surface area contributed by atoms with E-state index in [1.807, 2.05) is 21.9 Å². The first kappa shape index (κ1) is 20.4. The molecule has 7 nitrogen and oxygen atoms in total. The molecule has 2 unspecified atom stereocenters. The van der Waals surface area contributed by atoms with Crippen molar-refractivity contribution in [3.05, 3.63) is 35.6 Å². The highest BCUT2D eigenvalue weighted by Crippen LogP contribution is 2.51. The molecule has 4 atom stereocenters. The number of amides is 2. The number of halogens is 1. The van der Waals surface area contributed by atoms with Gasteiger partial charge >= 0.3 is 0 Å². The Hall–Kier alpha value is -2.50. The Balaban J connectivity index is 1.28. The first-order chi connectivity index (χ1) is 14.9. The number of rotatable bonds is 5. The van der Waals surface area contributed by atoms with E-state index in [0.29, 0.717) is 26.1 Å². The summed E-state index contributed by atoms with van der Waals surface area (Å²) in [7, 11) is 0. The molecule has 1 aromatic rings. The van der Waals surface area contributed by atoms with E-state index in [-0.39, 0.29) is 41.3 Å².